The number of hydrogen-bond acceptors (Lipinski definition) is 6. The summed E-state index contributed by atoms with van der Waals surface area (Å²) < 4.78 is 10.7. The van der Waals surface area contributed by atoms with Crippen LogP contribution in [0.5, 0.6) is 11.5 Å². The minimum Gasteiger partial charge on any atom is -0.493 e. The molecule has 1 atom stereocenters. The third kappa shape index (κ3) is 3.30. The molecule has 126 valence electrons. The molecule has 2 amide bonds. The monoisotopic (exact) mass is 348 g/mol. The fourth-order valence-electron chi connectivity index (χ4n) is 2.41. The molecule has 0 spiro atoms. The lowest BCUT2D eigenvalue weighted by molar-refractivity contribution is -0.120. The fourth-order valence-corrected chi connectivity index (χ4v) is 3.50. The smallest absolute Gasteiger partial charge is 0.255 e. The summed E-state index contributed by atoms with van der Waals surface area (Å²) in [5.74, 6) is 1.16. The number of benzene rings is 1. The summed E-state index contributed by atoms with van der Waals surface area (Å²) in [7, 11) is 1.52. The molecule has 0 saturated carbocycles. The average molecular weight is 348 g/mol. The number of primary amides is 1. The minimum absolute atomic E-state index is 0.0910. The van der Waals surface area contributed by atoms with Gasteiger partial charge in [-0.1, -0.05) is 6.07 Å². The van der Waals surface area contributed by atoms with Crippen molar-refractivity contribution in [3.8, 4) is 11.5 Å². The first-order valence-corrected chi connectivity index (χ1v) is 8.17. The molecule has 9 heteroatoms. The molecule has 8 nitrogen and oxygen atoms in total. The average Bonchev–Trinajstić information content (AvgIpc) is 2.94. The third-order valence-corrected chi connectivity index (χ3v) is 4.75. The lowest BCUT2D eigenvalue weighted by atomic mass is 10.1. The number of hydrogen-bond donors (Lipinski definition) is 3. The van der Waals surface area contributed by atoms with Gasteiger partial charge in [0.15, 0.2) is 18.1 Å². The number of thioether (sulfide) groups is 1. The normalized spacial score (nSPS) is 16.7. The van der Waals surface area contributed by atoms with Gasteiger partial charge in [-0.3, -0.25) is 14.7 Å². The Morgan fingerprint density at radius 3 is 3.04 bits per heavy atom. The predicted octanol–water partition coefficient (Wildman–Crippen LogP) is 1.06. The van der Waals surface area contributed by atoms with Crippen LogP contribution in [0.1, 0.15) is 16.4 Å². The topological polar surface area (TPSA) is 119 Å². The molecule has 0 unspecified atom stereocenters. The molecule has 0 aliphatic carbocycles. The molecule has 2 heterocycles. The molecule has 1 aliphatic rings. The first kappa shape index (κ1) is 16.2. The van der Waals surface area contributed by atoms with Crippen LogP contribution in [0.2, 0.25) is 0 Å². The molecular formula is C15H16N4O4S. The van der Waals surface area contributed by atoms with Crippen LogP contribution in [-0.2, 0) is 9.59 Å². The summed E-state index contributed by atoms with van der Waals surface area (Å²) in [6.07, 6.45) is 1.69. The van der Waals surface area contributed by atoms with Crippen molar-refractivity contribution in [1.29, 1.82) is 0 Å². The number of H-pyrrole nitrogens is 1. The molecule has 0 saturated heterocycles. The Balaban J connectivity index is 1.96. The van der Waals surface area contributed by atoms with Crippen LogP contribution in [-0.4, -0.2) is 41.5 Å². The van der Waals surface area contributed by atoms with E-state index in [4.69, 9.17) is 15.2 Å². The summed E-state index contributed by atoms with van der Waals surface area (Å²) in [4.78, 5) is 22.8. The van der Waals surface area contributed by atoms with Gasteiger partial charge in [0.25, 0.3) is 5.91 Å². The fraction of sp³-hybridized carbons (Fsp3) is 0.267. The van der Waals surface area contributed by atoms with Crippen molar-refractivity contribution in [3.63, 3.8) is 0 Å². The maximum Gasteiger partial charge on any atom is 0.255 e. The lowest BCUT2D eigenvalue weighted by Gasteiger charge is -2.17. The number of aromatic nitrogens is 2. The van der Waals surface area contributed by atoms with Crippen molar-refractivity contribution in [2.75, 3.05) is 24.8 Å². The molecule has 3 rings (SSSR count). The van der Waals surface area contributed by atoms with Gasteiger partial charge in [0.05, 0.1) is 24.3 Å². The number of fused-ring (bicyclic) bond motifs is 1. The Hall–Kier alpha value is -2.68. The van der Waals surface area contributed by atoms with Crippen molar-refractivity contribution in [2.24, 2.45) is 5.73 Å². The van der Waals surface area contributed by atoms with E-state index in [2.05, 4.69) is 15.5 Å². The zero-order valence-electron chi connectivity index (χ0n) is 12.9. The summed E-state index contributed by atoms with van der Waals surface area (Å²) >= 11 is 1.48. The number of carbonyl (C=O) groups excluding carboxylic acids is 2. The number of nitrogens with zero attached hydrogens (tertiary/aromatic N) is 1. The number of ether oxygens (including phenoxy) is 2. The Morgan fingerprint density at radius 1 is 1.46 bits per heavy atom. The predicted molar refractivity (Wildman–Crippen MR) is 89.2 cm³/mol. The van der Waals surface area contributed by atoms with Crippen molar-refractivity contribution in [3.05, 3.63) is 35.5 Å². The van der Waals surface area contributed by atoms with Gasteiger partial charge in [-0.2, -0.15) is 5.10 Å². The van der Waals surface area contributed by atoms with Crippen LogP contribution in [0.4, 0.5) is 5.82 Å². The number of amides is 2. The van der Waals surface area contributed by atoms with Crippen molar-refractivity contribution in [2.45, 2.75) is 5.25 Å². The van der Waals surface area contributed by atoms with Crippen LogP contribution < -0.4 is 20.5 Å². The minimum atomic E-state index is -0.571. The number of nitrogens with two attached hydrogens (primary N) is 1. The Kier molecular flexibility index (Phi) is 4.61. The molecule has 0 bridgehead atoms. The van der Waals surface area contributed by atoms with Gasteiger partial charge in [0.1, 0.15) is 5.82 Å². The van der Waals surface area contributed by atoms with Crippen LogP contribution in [0.25, 0.3) is 0 Å². The van der Waals surface area contributed by atoms with Gasteiger partial charge in [0.2, 0.25) is 5.91 Å². The molecule has 1 aromatic carbocycles. The number of aromatic amines is 1. The number of anilines is 1. The Morgan fingerprint density at radius 2 is 2.29 bits per heavy atom. The van der Waals surface area contributed by atoms with E-state index in [1.165, 1.54) is 18.9 Å². The molecule has 0 fully saturated rings. The van der Waals surface area contributed by atoms with E-state index >= 15 is 0 Å². The van der Waals surface area contributed by atoms with E-state index in [1.54, 1.807) is 18.3 Å². The number of methoxy groups -OCH3 is 1. The van der Waals surface area contributed by atoms with Gasteiger partial charge < -0.3 is 20.5 Å². The van der Waals surface area contributed by atoms with Gasteiger partial charge >= 0.3 is 0 Å². The summed E-state index contributed by atoms with van der Waals surface area (Å²) in [6.45, 7) is -0.241. The number of carbonyl (C=O) groups is 2. The highest BCUT2D eigenvalue weighted by Crippen LogP contribution is 2.42. The lowest BCUT2D eigenvalue weighted by Crippen LogP contribution is -2.20. The molecule has 1 aliphatic heterocycles. The van der Waals surface area contributed by atoms with E-state index in [1.807, 2.05) is 6.07 Å². The zero-order chi connectivity index (χ0) is 17.1. The Labute approximate surface area is 142 Å². The maximum absolute atomic E-state index is 11.8. The van der Waals surface area contributed by atoms with Crippen molar-refractivity contribution >= 4 is 29.4 Å². The van der Waals surface area contributed by atoms with Crippen LogP contribution in [0, 0.1) is 0 Å². The molecule has 24 heavy (non-hydrogen) atoms. The second kappa shape index (κ2) is 6.83. The molecule has 2 aromatic rings. The van der Waals surface area contributed by atoms with Crippen LogP contribution in [0.15, 0.2) is 24.4 Å². The second-order valence-corrected chi connectivity index (χ2v) is 6.20. The highest BCUT2D eigenvalue weighted by atomic mass is 32.2. The van der Waals surface area contributed by atoms with E-state index in [0.29, 0.717) is 23.1 Å². The number of nitrogens with one attached hydrogen (secondary N) is 2. The quantitative estimate of drug-likeness (QED) is 0.743. The van der Waals surface area contributed by atoms with Crippen molar-refractivity contribution < 1.29 is 19.1 Å². The molecule has 4 N–H and O–H groups in total. The third-order valence-electron chi connectivity index (χ3n) is 3.46. The largest absolute Gasteiger partial charge is 0.493 e. The summed E-state index contributed by atoms with van der Waals surface area (Å²) in [5.41, 5.74) is 6.91. The highest BCUT2D eigenvalue weighted by Gasteiger charge is 2.26. The van der Waals surface area contributed by atoms with E-state index in [9.17, 15) is 9.59 Å². The van der Waals surface area contributed by atoms with Gasteiger partial charge in [-0.25, -0.2) is 0 Å². The molecule has 0 radical (unpaired) electrons. The van der Waals surface area contributed by atoms with Gasteiger partial charge in [0, 0.05) is 5.56 Å². The second-order valence-electron chi connectivity index (χ2n) is 5.10. The number of rotatable bonds is 5. The highest BCUT2D eigenvalue weighted by molar-refractivity contribution is 8.00. The Bertz CT molecular complexity index is 777. The van der Waals surface area contributed by atoms with E-state index < -0.39 is 5.91 Å². The standard InChI is InChI=1S/C15H16N4O4S/c1-22-10-3-2-8(4-11(10)23-6-12(16)20)14-9-5-17-19-15(9)18-13(21)7-24-14/h2-5,14H,6-7H2,1H3,(H2,16,20)(H2,17,18,19,21)/t14-/m0/s1. The molecular weight excluding hydrogens is 332 g/mol. The molecule has 1 aromatic heterocycles. The van der Waals surface area contributed by atoms with Crippen molar-refractivity contribution in [1.82, 2.24) is 10.2 Å². The SMILES string of the molecule is COc1ccc([C@@H]2SCC(=O)Nc3[nH]ncc32)cc1OCC(N)=O. The summed E-state index contributed by atoms with van der Waals surface area (Å²) in [5, 5.41) is 9.47. The van der Waals surface area contributed by atoms with E-state index in [-0.39, 0.29) is 17.8 Å². The zero-order valence-corrected chi connectivity index (χ0v) is 13.7. The first-order chi connectivity index (χ1) is 11.6. The van der Waals surface area contributed by atoms with Gasteiger partial charge in [-0.15, -0.1) is 11.8 Å². The van der Waals surface area contributed by atoms with Gasteiger partial charge in [-0.05, 0) is 17.7 Å². The van der Waals surface area contributed by atoms with Crippen LogP contribution >= 0.6 is 11.8 Å². The van der Waals surface area contributed by atoms with Crippen LogP contribution in [0.3, 0.4) is 0 Å². The first-order valence-electron chi connectivity index (χ1n) is 7.12. The van der Waals surface area contributed by atoms with E-state index in [0.717, 1.165) is 11.1 Å². The summed E-state index contributed by atoms with van der Waals surface area (Å²) in [6, 6.07) is 5.43. The maximum atomic E-state index is 11.8.